The van der Waals surface area contributed by atoms with Crippen LogP contribution in [0.2, 0.25) is 0 Å². The third kappa shape index (κ3) is 5.09. The number of anilines is 1. The van der Waals surface area contributed by atoms with E-state index in [-0.39, 0.29) is 0 Å². The molecule has 3 rings (SSSR count). The van der Waals surface area contributed by atoms with Crippen molar-refractivity contribution in [1.29, 1.82) is 0 Å². The lowest BCUT2D eigenvalue weighted by molar-refractivity contribution is 0.213. The molecule has 1 heterocycles. The maximum absolute atomic E-state index is 3.74. The largest absolute Gasteiger partial charge is 0.372 e. The summed E-state index contributed by atoms with van der Waals surface area (Å²) in [5, 5.41) is 0. The predicted octanol–water partition coefficient (Wildman–Crippen LogP) is 5.03. The Morgan fingerprint density at radius 3 is 2.58 bits per heavy atom. The molecule has 2 aromatic rings. The summed E-state index contributed by atoms with van der Waals surface area (Å²) in [4.78, 5) is 5.06. The van der Waals surface area contributed by atoms with E-state index < -0.39 is 0 Å². The first-order valence-electron chi connectivity index (χ1n) is 9.64. The van der Waals surface area contributed by atoms with E-state index in [9.17, 15) is 0 Å². The average molecular weight is 347 g/mol. The summed E-state index contributed by atoms with van der Waals surface area (Å²) >= 11 is 0. The first-order valence-corrected chi connectivity index (χ1v) is 9.64. The number of piperidine rings is 1. The van der Waals surface area contributed by atoms with Gasteiger partial charge in [0.25, 0.3) is 0 Å². The maximum Gasteiger partial charge on any atom is 0.0366 e. The molecular formula is C24H30N2. The Labute approximate surface area is 158 Å². The van der Waals surface area contributed by atoms with Crippen molar-refractivity contribution in [2.75, 3.05) is 31.6 Å². The monoisotopic (exact) mass is 346 g/mol. The van der Waals surface area contributed by atoms with Gasteiger partial charge in [-0.2, -0.15) is 0 Å². The fourth-order valence-electron chi connectivity index (χ4n) is 3.72. The summed E-state index contributed by atoms with van der Waals surface area (Å²) in [7, 11) is 2.23. The molecule has 0 amide bonds. The minimum atomic E-state index is 0.654. The van der Waals surface area contributed by atoms with Gasteiger partial charge in [0, 0.05) is 38.4 Å². The average Bonchev–Trinajstić information content (AvgIpc) is 2.71. The maximum atomic E-state index is 3.74. The Kier molecular flexibility index (Phi) is 6.68. The van der Waals surface area contributed by atoms with Crippen LogP contribution in [0.5, 0.6) is 0 Å². The smallest absolute Gasteiger partial charge is 0.0366 e. The number of likely N-dealkylation sites (tertiary alicyclic amines) is 1. The van der Waals surface area contributed by atoms with Crippen LogP contribution in [-0.4, -0.2) is 37.6 Å². The van der Waals surface area contributed by atoms with Crippen LogP contribution < -0.4 is 4.90 Å². The van der Waals surface area contributed by atoms with Crippen LogP contribution in [-0.2, 0) is 6.42 Å². The standard InChI is InChI=1S/C24H30N2/c1-3-4-9-21-10-8-11-22(20-21)14-17-26-18-15-24(16-19-26)25(2)23-12-6-5-7-13-23/h3-13,20,24H,1,14-19H2,2H3/b9-4+. The van der Waals surface area contributed by atoms with Gasteiger partial charge >= 0.3 is 0 Å². The van der Waals surface area contributed by atoms with Gasteiger partial charge in [-0.05, 0) is 42.5 Å². The van der Waals surface area contributed by atoms with Gasteiger partial charge in [0.2, 0.25) is 0 Å². The fourth-order valence-corrected chi connectivity index (χ4v) is 3.72. The van der Waals surface area contributed by atoms with Crippen molar-refractivity contribution in [3.8, 4) is 0 Å². The van der Waals surface area contributed by atoms with E-state index in [0.717, 1.165) is 13.0 Å². The molecule has 0 atom stereocenters. The Morgan fingerprint density at radius 1 is 1.08 bits per heavy atom. The van der Waals surface area contributed by atoms with E-state index in [2.05, 4.69) is 84.1 Å². The quantitative estimate of drug-likeness (QED) is 0.649. The van der Waals surface area contributed by atoms with Gasteiger partial charge in [0.15, 0.2) is 0 Å². The molecule has 0 aromatic heterocycles. The lowest BCUT2D eigenvalue weighted by Crippen LogP contribution is -2.44. The minimum Gasteiger partial charge on any atom is -0.372 e. The van der Waals surface area contributed by atoms with Crippen LogP contribution >= 0.6 is 0 Å². The summed E-state index contributed by atoms with van der Waals surface area (Å²) in [5.74, 6) is 0. The van der Waals surface area contributed by atoms with Crippen molar-refractivity contribution in [3.05, 3.63) is 84.5 Å². The van der Waals surface area contributed by atoms with Crippen molar-refractivity contribution in [2.24, 2.45) is 0 Å². The summed E-state index contributed by atoms with van der Waals surface area (Å²) in [6.45, 7) is 7.27. The fraction of sp³-hybridized carbons (Fsp3) is 0.333. The molecule has 0 aliphatic carbocycles. The third-order valence-electron chi connectivity index (χ3n) is 5.36. The van der Waals surface area contributed by atoms with Crippen LogP contribution in [0.1, 0.15) is 24.0 Å². The van der Waals surface area contributed by atoms with Gasteiger partial charge in [-0.1, -0.05) is 67.3 Å². The van der Waals surface area contributed by atoms with Gasteiger partial charge < -0.3 is 9.80 Å². The van der Waals surface area contributed by atoms with Gasteiger partial charge in [-0.25, -0.2) is 0 Å². The van der Waals surface area contributed by atoms with Gasteiger partial charge in [0.1, 0.15) is 0 Å². The third-order valence-corrected chi connectivity index (χ3v) is 5.36. The highest BCUT2D eigenvalue weighted by atomic mass is 15.2. The van der Waals surface area contributed by atoms with Gasteiger partial charge in [0.05, 0.1) is 0 Å². The number of nitrogens with zero attached hydrogens (tertiary/aromatic N) is 2. The van der Waals surface area contributed by atoms with Crippen molar-refractivity contribution in [3.63, 3.8) is 0 Å². The molecule has 1 fully saturated rings. The zero-order valence-electron chi connectivity index (χ0n) is 15.8. The summed E-state index contributed by atoms with van der Waals surface area (Å²) < 4.78 is 0. The first kappa shape index (κ1) is 18.5. The molecule has 0 saturated carbocycles. The van der Waals surface area contributed by atoms with E-state index in [1.165, 1.54) is 42.7 Å². The predicted molar refractivity (Wildman–Crippen MR) is 114 cm³/mol. The van der Waals surface area contributed by atoms with E-state index in [1.54, 1.807) is 0 Å². The lowest BCUT2D eigenvalue weighted by atomic mass is 10.0. The molecule has 2 heteroatoms. The molecule has 2 nitrogen and oxygen atoms in total. The molecule has 1 saturated heterocycles. The topological polar surface area (TPSA) is 6.48 Å². The zero-order valence-corrected chi connectivity index (χ0v) is 15.8. The molecule has 2 aromatic carbocycles. The second-order valence-corrected chi connectivity index (χ2v) is 7.11. The second-order valence-electron chi connectivity index (χ2n) is 7.11. The Balaban J connectivity index is 1.47. The molecule has 0 radical (unpaired) electrons. The number of benzene rings is 2. The summed E-state index contributed by atoms with van der Waals surface area (Å²) in [6.07, 6.45) is 9.54. The van der Waals surface area contributed by atoms with Crippen LogP contribution in [0.15, 0.2) is 73.3 Å². The Hall–Kier alpha value is -2.32. The zero-order chi connectivity index (χ0) is 18.2. The van der Waals surface area contributed by atoms with Gasteiger partial charge in [-0.15, -0.1) is 0 Å². The molecule has 0 spiro atoms. The van der Waals surface area contributed by atoms with Crippen LogP contribution in [0.3, 0.4) is 0 Å². The van der Waals surface area contributed by atoms with Crippen LogP contribution in [0.25, 0.3) is 6.08 Å². The molecule has 1 aliphatic rings. The molecule has 0 unspecified atom stereocenters. The SMILES string of the molecule is C=C/C=C/c1cccc(CCN2CCC(N(C)c3ccccc3)CC2)c1. The van der Waals surface area contributed by atoms with Crippen molar-refractivity contribution >= 4 is 11.8 Å². The Bertz CT molecular complexity index is 712. The molecule has 136 valence electrons. The van der Waals surface area contributed by atoms with Gasteiger partial charge in [-0.3, -0.25) is 0 Å². The van der Waals surface area contributed by atoms with Crippen LogP contribution in [0.4, 0.5) is 5.69 Å². The van der Waals surface area contributed by atoms with E-state index in [0.29, 0.717) is 6.04 Å². The number of hydrogen-bond acceptors (Lipinski definition) is 2. The highest BCUT2D eigenvalue weighted by Crippen LogP contribution is 2.22. The minimum absolute atomic E-state index is 0.654. The lowest BCUT2D eigenvalue weighted by Gasteiger charge is -2.38. The first-order chi connectivity index (χ1) is 12.8. The number of hydrogen-bond donors (Lipinski definition) is 0. The molecule has 1 aliphatic heterocycles. The van der Waals surface area contributed by atoms with Crippen molar-refractivity contribution in [2.45, 2.75) is 25.3 Å². The molecule has 0 bridgehead atoms. The number of rotatable bonds is 7. The van der Waals surface area contributed by atoms with E-state index >= 15 is 0 Å². The molecule has 26 heavy (non-hydrogen) atoms. The normalized spacial score (nSPS) is 16.0. The van der Waals surface area contributed by atoms with E-state index in [4.69, 9.17) is 0 Å². The number of para-hydroxylation sites is 1. The van der Waals surface area contributed by atoms with Crippen molar-refractivity contribution in [1.82, 2.24) is 4.90 Å². The number of allylic oxidation sites excluding steroid dienone is 2. The molecular weight excluding hydrogens is 316 g/mol. The van der Waals surface area contributed by atoms with Crippen molar-refractivity contribution < 1.29 is 0 Å². The Morgan fingerprint density at radius 2 is 1.85 bits per heavy atom. The molecule has 0 N–H and O–H groups in total. The second kappa shape index (κ2) is 9.40. The van der Waals surface area contributed by atoms with E-state index in [1.807, 2.05) is 12.2 Å². The highest BCUT2D eigenvalue weighted by molar-refractivity contribution is 5.52. The summed E-state index contributed by atoms with van der Waals surface area (Å²) in [5.41, 5.74) is 4.00. The highest BCUT2D eigenvalue weighted by Gasteiger charge is 2.22. The van der Waals surface area contributed by atoms with Crippen LogP contribution in [0, 0.1) is 0 Å². The summed E-state index contributed by atoms with van der Waals surface area (Å²) in [6, 6.07) is 20.2.